The van der Waals surface area contributed by atoms with Gasteiger partial charge < -0.3 is 4.74 Å². The van der Waals surface area contributed by atoms with Crippen molar-refractivity contribution in [3.63, 3.8) is 0 Å². The van der Waals surface area contributed by atoms with Gasteiger partial charge in [0.1, 0.15) is 0 Å². The molecule has 0 heterocycles. The van der Waals surface area contributed by atoms with E-state index in [4.69, 9.17) is 4.74 Å². The number of esters is 1. The van der Waals surface area contributed by atoms with Gasteiger partial charge >= 0.3 is 5.97 Å². The second kappa shape index (κ2) is 6.99. The number of sulfonamides is 1. The molecular formula is C13H19NO4S2. The molecule has 1 aromatic carbocycles. The van der Waals surface area contributed by atoms with Gasteiger partial charge in [0.2, 0.25) is 10.0 Å². The van der Waals surface area contributed by atoms with E-state index in [9.17, 15) is 13.2 Å². The molecule has 0 saturated heterocycles. The van der Waals surface area contributed by atoms with E-state index in [1.165, 1.54) is 11.8 Å². The highest BCUT2D eigenvalue weighted by Gasteiger charge is 2.17. The van der Waals surface area contributed by atoms with E-state index >= 15 is 0 Å². The molecule has 0 amide bonds. The molecule has 1 N–H and O–H groups in total. The molecule has 0 spiro atoms. The molecular weight excluding hydrogens is 298 g/mol. The molecule has 0 aromatic heterocycles. The van der Waals surface area contributed by atoms with Crippen molar-refractivity contribution in [2.24, 2.45) is 0 Å². The van der Waals surface area contributed by atoms with Crippen LogP contribution in [0.2, 0.25) is 0 Å². The first-order valence-corrected chi connectivity index (χ1v) is 9.29. The van der Waals surface area contributed by atoms with E-state index < -0.39 is 16.0 Å². The second-order valence-electron chi connectivity index (χ2n) is 4.16. The summed E-state index contributed by atoms with van der Waals surface area (Å²) >= 11 is 1.37. The van der Waals surface area contributed by atoms with E-state index in [0.29, 0.717) is 29.2 Å². The molecule has 0 atom stereocenters. The number of nitrogens with one attached hydrogen (secondary N) is 1. The van der Waals surface area contributed by atoms with Gasteiger partial charge in [-0.05, 0) is 37.3 Å². The zero-order valence-electron chi connectivity index (χ0n) is 12.0. The number of rotatable bonds is 6. The maximum Gasteiger partial charge on any atom is 0.339 e. The molecule has 5 nitrogen and oxygen atoms in total. The Morgan fingerprint density at radius 3 is 2.45 bits per heavy atom. The number of aryl methyl sites for hydroxylation is 1. The number of carbonyl (C=O) groups excluding carboxylic acids is 1. The van der Waals surface area contributed by atoms with Crippen molar-refractivity contribution in [2.75, 3.05) is 23.8 Å². The third kappa shape index (κ3) is 4.42. The van der Waals surface area contributed by atoms with Gasteiger partial charge in [0.05, 0.1) is 24.1 Å². The number of benzene rings is 1. The molecule has 0 bridgehead atoms. The van der Waals surface area contributed by atoms with Crippen molar-refractivity contribution >= 4 is 33.4 Å². The van der Waals surface area contributed by atoms with Crippen LogP contribution in [0.5, 0.6) is 0 Å². The molecule has 0 aliphatic carbocycles. The Kier molecular flexibility index (Phi) is 5.88. The van der Waals surface area contributed by atoms with Crippen LogP contribution in [0.3, 0.4) is 0 Å². The van der Waals surface area contributed by atoms with E-state index in [1.807, 2.05) is 13.2 Å². The van der Waals surface area contributed by atoms with Gasteiger partial charge in [0.25, 0.3) is 0 Å². The summed E-state index contributed by atoms with van der Waals surface area (Å²) in [6.45, 7) is 3.95. The Labute approximate surface area is 124 Å². The Hall–Kier alpha value is -1.21. The predicted octanol–water partition coefficient (Wildman–Crippen LogP) is 2.52. The molecule has 0 unspecified atom stereocenters. The lowest BCUT2D eigenvalue weighted by molar-refractivity contribution is 0.0522. The van der Waals surface area contributed by atoms with Crippen molar-refractivity contribution in [1.82, 2.24) is 0 Å². The van der Waals surface area contributed by atoms with Crippen molar-refractivity contribution < 1.29 is 17.9 Å². The third-order valence-electron chi connectivity index (χ3n) is 2.60. The van der Waals surface area contributed by atoms with Crippen LogP contribution in [-0.4, -0.2) is 33.5 Å². The minimum Gasteiger partial charge on any atom is -0.462 e. The van der Waals surface area contributed by atoms with E-state index in [1.54, 1.807) is 19.1 Å². The monoisotopic (exact) mass is 317 g/mol. The minimum atomic E-state index is -3.35. The molecule has 0 radical (unpaired) electrons. The van der Waals surface area contributed by atoms with Crippen molar-refractivity contribution in [3.05, 3.63) is 23.3 Å². The first-order chi connectivity index (χ1) is 9.32. The lowest BCUT2D eigenvalue weighted by atomic mass is 10.1. The molecule has 7 heteroatoms. The molecule has 0 aliphatic rings. The summed E-state index contributed by atoms with van der Waals surface area (Å²) in [7, 11) is -3.35. The normalized spacial score (nSPS) is 11.2. The van der Waals surface area contributed by atoms with Crippen molar-refractivity contribution in [1.29, 1.82) is 0 Å². The molecule has 0 aliphatic heterocycles. The quantitative estimate of drug-likeness (QED) is 0.645. The predicted molar refractivity (Wildman–Crippen MR) is 82.0 cm³/mol. The van der Waals surface area contributed by atoms with Gasteiger partial charge in [-0.25, -0.2) is 13.2 Å². The molecule has 20 heavy (non-hydrogen) atoms. The maximum atomic E-state index is 11.9. The highest BCUT2D eigenvalue weighted by Crippen LogP contribution is 2.29. The highest BCUT2D eigenvalue weighted by atomic mass is 32.2. The summed E-state index contributed by atoms with van der Waals surface area (Å²) in [6.07, 6.45) is 3.54. The SMILES string of the molecule is CCOC(=O)c1cc(CC)c(NS(C)(=O)=O)cc1SC. The van der Waals surface area contributed by atoms with Gasteiger partial charge in [-0.2, -0.15) is 0 Å². The van der Waals surface area contributed by atoms with Gasteiger partial charge in [-0.1, -0.05) is 6.92 Å². The fourth-order valence-electron chi connectivity index (χ4n) is 1.75. The van der Waals surface area contributed by atoms with Crippen molar-refractivity contribution in [3.8, 4) is 0 Å². The van der Waals surface area contributed by atoms with Gasteiger partial charge in [-0.3, -0.25) is 4.72 Å². The van der Waals surface area contributed by atoms with Gasteiger partial charge in [-0.15, -0.1) is 11.8 Å². The summed E-state index contributed by atoms with van der Waals surface area (Å²) in [5, 5.41) is 0. The van der Waals surface area contributed by atoms with Crippen LogP contribution in [0, 0.1) is 0 Å². The third-order valence-corrected chi connectivity index (χ3v) is 3.97. The number of thioether (sulfide) groups is 1. The first-order valence-electron chi connectivity index (χ1n) is 6.18. The zero-order chi connectivity index (χ0) is 15.3. The van der Waals surface area contributed by atoms with Crippen LogP contribution in [0.15, 0.2) is 17.0 Å². The Bertz CT molecular complexity index is 597. The Morgan fingerprint density at radius 1 is 1.35 bits per heavy atom. The fraction of sp³-hybridized carbons (Fsp3) is 0.462. The summed E-state index contributed by atoms with van der Waals surface area (Å²) < 4.78 is 30.3. The number of hydrogen-bond acceptors (Lipinski definition) is 5. The minimum absolute atomic E-state index is 0.303. The first kappa shape index (κ1) is 16.8. The molecule has 1 rings (SSSR count). The smallest absolute Gasteiger partial charge is 0.339 e. The average molecular weight is 317 g/mol. The van der Waals surface area contributed by atoms with E-state index in [0.717, 1.165) is 11.8 Å². The summed E-state index contributed by atoms with van der Waals surface area (Å²) in [4.78, 5) is 12.6. The number of carbonyl (C=O) groups is 1. The number of ether oxygens (including phenoxy) is 1. The van der Waals surface area contributed by atoms with Crippen LogP contribution in [0.1, 0.15) is 29.8 Å². The number of hydrogen-bond donors (Lipinski definition) is 1. The topological polar surface area (TPSA) is 72.5 Å². The summed E-state index contributed by atoms with van der Waals surface area (Å²) in [5.74, 6) is -0.391. The molecule has 0 saturated carbocycles. The summed E-state index contributed by atoms with van der Waals surface area (Å²) in [5.41, 5.74) is 1.74. The average Bonchev–Trinajstić information content (AvgIpc) is 2.36. The van der Waals surface area contributed by atoms with Crippen LogP contribution < -0.4 is 4.72 Å². The highest BCUT2D eigenvalue weighted by molar-refractivity contribution is 7.98. The van der Waals surface area contributed by atoms with Gasteiger partial charge in [0, 0.05) is 4.90 Å². The van der Waals surface area contributed by atoms with Crippen LogP contribution in [0.25, 0.3) is 0 Å². The van der Waals surface area contributed by atoms with Gasteiger partial charge in [0.15, 0.2) is 0 Å². The lowest BCUT2D eigenvalue weighted by Gasteiger charge is -2.14. The van der Waals surface area contributed by atoms with Crippen LogP contribution in [0.4, 0.5) is 5.69 Å². The van der Waals surface area contributed by atoms with Crippen molar-refractivity contribution in [2.45, 2.75) is 25.2 Å². The van der Waals surface area contributed by atoms with E-state index in [-0.39, 0.29) is 0 Å². The summed E-state index contributed by atoms with van der Waals surface area (Å²) in [6, 6.07) is 3.37. The maximum absolute atomic E-state index is 11.9. The Morgan fingerprint density at radius 2 is 2.00 bits per heavy atom. The second-order valence-corrected chi connectivity index (χ2v) is 6.75. The van der Waals surface area contributed by atoms with Crippen LogP contribution >= 0.6 is 11.8 Å². The number of anilines is 1. The van der Waals surface area contributed by atoms with Crippen LogP contribution in [-0.2, 0) is 21.2 Å². The molecule has 0 fully saturated rings. The van der Waals surface area contributed by atoms with E-state index in [2.05, 4.69) is 4.72 Å². The molecule has 1 aromatic rings. The Balaban J connectivity index is 3.33. The largest absolute Gasteiger partial charge is 0.462 e. The zero-order valence-corrected chi connectivity index (χ0v) is 13.7. The molecule has 112 valence electrons. The standard InChI is InChI=1S/C13H19NO4S2/c1-5-9-7-10(13(15)18-6-2)12(19-3)8-11(9)14-20(4,16)17/h7-8,14H,5-6H2,1-4H3. The fourth-order valence-corrected chi connectivity index (χ4v) is 2.94. The lowest BCUT2D eigenvalue weighted by Crippen LogP contribution is -2.13.